The van der Waals surface area contributed by atoms with E-state index in [4.69, 9.17) is 0 Å². The topological polar surface area (TPSA) is 50.2 Å². The van der Waals surface area contributed by atoms with E-state index in [-0.39, 0.29) is 24.3 Å². The van der Waals surface area contributed by atoms with Gasteiger partial charge in [0, 0.05) is 41.8 Å². The van der Waals surface area contributed by atoms with E-state index < -0.39 is 17.6 Å². The minimum atomic E-state index is -4.38. The van der Waals surface area contributed by atoms with Crippen LogP contribution in [-0.4, -0.2) is 39.9 Å². The van der Waals surface area contributed by atoms with Crippen LogP contribution in [0.5, 0.6) is 0 Å². The predicted octanol–water partition coefficient (Wildman–Crippen LogP) is 5.36. The third kappa shape index (κ3) is 4.08. The summed E-state index contributed by atoms with van der Waals surface area (Å²) < 4.78 is 42.6. The van der Waals surface area contributed by atoms with Crippen LogP contribution in [0.3, 0.4) is 0 Å². The molecule has 1 fully saturated rings. The Kier molecular flexibility index (Phi) is 5.36. The van der Waals surface area contributed by atoms with Gasteiger partial charge >= 0.3 is 6.18 Å². The van der Waals surface area contributed by atoms with Gasteiger partial charge in [-0.15, -0.1) is 11.3 Å². The lowest BCUT2D eigenvalue weighted by Crippen LogP contribution is -2.44. The zero-order valence-corrected chi connectivity index (χ0v) is 18.2. The van der Waals surface area contributed by atoms with Gasteiger partial charge < -0.3 is 10.2 Å². The number of hydrogen-bond donors (Lipinski definition) is 1. The van der Waals surface area contributed by atoms with E-state index in [0.717, 1.165) is 22.4 Å². The Labute approximate surface area is 178 Å². The standard InChI is InChI=1S/C21H27F3N4OS/c1-20(2,3)19(29)27-8-4-6-13(12-27)14-11-18-25-15(16-7-5-9-30-16)10-17(21(22,23)24)28(18)26-14/h5,7,9,11,13,15,17,25H,4,6,8,10,12H2,1-3H3/t13-,15+,17-/m1/s1. The van der Waals surface area contributed by atoms with E-state index >= 15 is 0 Å². The lowest BCUT2D eigenvalue weighted by atomic mass is 9.90. The number of alkyl halides is 3. The smallest absolute Gasteiger partial charge is 0.363 e. The van der Waals surface area contributed by atoms with Gasteiger partial charge in [-0.2, -0.15) is 18.3 Å². The molecule has 5 nitrogen and oxygen atoms in total. The van der Waals surface area contributed by atoms with Crippen LogP contribution in [0.2, 0.25) is 0 Å². The fraction of sp³-hybridized carbons (Fsp3) is 0.619. The van der Waals surface area contributed by atoms with Crippen LogP contribution in [0.25, 0.3) is 0 Å². The van der Waals surface area contributed by atoms with Gasteiger partial charge in [-0.1, -0.05) is 26.8 Å². The number of piperidine rings is 1. The van der Waals surface area contributed by atoms with Crippen LogP contribution >= 0.6 is 11.3 Å². The number of halogens is 3. The van der Waals surface area contributed by atoms with Crippen molar-refractivity contribution in [2.75, 3.05) is 18.4 Å². The maximum absolute atomic E-state index is 13.8. The second kappa shape index (κ2) is 7.59. The minimum Gasteiger partial charge on any atom is -0.363 e. The average Bonchev–Trinajstić information content (AvgIpc) is 3.34. The molecule has 1 amide bonds. The van der Waals surface area contributed by atoms with Crippen molar-refractivity contribution in [1.29, 1.82) is 0 Å². The zero-order valence-electron chi connectivity index (χ0n) is 17.4. The lowest BCUT2D eigenvalue weighted by molar-refractivity contribution is -0.173. The molecule has 0 bridgehead atoms. The summed E-state index contributed by atoms with van der Waals surface area (Å²) in [5, 5.41) is 9.52. The van der Waals surface area contributed by atoms with Gasteiger partial charge in [0.2, 0.25) is 5.91 Å². The monoisotopic (exact) mass is 440 g/mol. The van der Waals surface area contributed by atoms with Crippen molar-refractivity contribution in [3.63, 3.8) is 0 Å². The van der Waals surface area contributed by atoms with Gasteiger partial charge in [0.25, 0.3) is 0 Å². The third-order valence-corrected chi connectivity index (χ3v) is 6.85. The molecule has 0 aliphatic carbocycles. The van der Waals surface area contributed by atoms with Crippen molar-refractivity contribution in [3.05, 3.63) is 34.2 Å². The van der Waals surface area contributed by atoms with Gasteiger partial charge in [0.1, 0.15) is 5.82 Å². The Morgan fingerprint density at radius 1 is 1.30 bits per heavy atom. The fourth-order valence-electron chi connectivity index (χ4n) is 4.35. The summed E-state index contributed by atoms with van der Waals surface area (Å²) in [7, 11) is 0. The Morgan fingerprint density at radius 3 is 2.70 bits per heavy atom. The number of anilines is 1. The van der Waals surface area contributed by atoms with Crippen LogP contribution in [0.4, 0.5) is 19.0 Å². The van der Waals surface area contributed by atoms with Crippen LogP contribution in [0.1, 0.15) is 68.6 Å². The summed E-state index contributed by atoms with van der Waals surface area (Å²) in [6.07, 6.45) is -2.83. The van der Waals surface area contributed by atoms with Crippen molar-refractivity contribution in [2.45, 2.75) is 64.2 Å². The summed E-state index contributed by atoms with van der Waals surface area (Å²) in [5.41, 5.74) is 0.150. The van der Waals surface area contributed by atoms with Crippen molar-refractivity contribution in [3.8, 4) is 0 Å². The van der Waals surface area contributed by atoms with E-state index in [9.17, 15) is 18.0 Å². The van der Waals surface area contributed by atoms with Gasteiger partial charge in [-0.05, 0) is 24.3 Å². The quantitative estimate of drug-likeness (QED) is 0.684. The molecule has 1 saturated heterocycles. The van der Waals surface area contributed by atoms with E-state index in [2.05, 4.69) is 10.4 Å². The maximum atomic E-state index is 13.8. The number of likely N-dealkylation sites (tertiary alicyclic amines) is 1. The molecule has 4 rings (SSSR count). The minimum absolute atomic E-state index is 0.0565. The molecule has 2 aromatic heterocycles. The third-order valence-electron chi connectivity index (χ3n) is 5.86. The number of hydrogen-bond acceptors (Lipinski definition) is 4. The number of carbonyl (C=O) groups excluding carboxylic acids is 1. The molecule has 2 aliphatic rings. The van der Waals surface area contributed by atoms with E-state index in [1.807, 2.05) is 43.2 Å². The van der Waals surface area contributed by atoms with Crippen molar-refractivity contribution >= 4 is 23.1 Å². The highest BCUT2D eigenvalue weighted by Crippen LogP contribution is 2.45. The number of aromatic nitrogens is 2. The molecule has 164 valence electrons. The fourth-order valence-corrected chi connectivity index (χ4v) is 5.14. The highest BCUT2D eigenvalue weighted by Gasteiger charge is 2.47. The Morgan fingerprint density at radius 2 is 2.07 bits per heavy atom. The molecule has 2 aliphatic heterocycles. The molecule has 30 heavy (non-hydrogen) atoms. The normalized spacial score (nSPS) is 25.0. The molecule has 0 aromatic carbocycles. The number of nitrogens with one attached hydrogen (secondary N) is 1. The van der Waals surface area contributed by atoms with Crippen LogP contribution < -0.4 is 5.32 Å². The number of amides is 1. The number of nitrogens with zero attached hydrogens (tertiary/aromatic N) is 3. The molecule has 2 aromatic rings. The SMILES string of the molecule is CC(C)(C)C(=O)N1CCC[C@@H](c2cc3n(n2)[C@@H](C(F)(F)F)C[C@@H](c2cccs2)N3)C1. The number of thiophene rings is 1. The molecular formula is C21H27F3N4OS. The van der Waals surface area contributed by atoms with Crippen molar-refractivity contribution in [2.24, 2.45) is 5.41 Å². The summed E-state index contributed by atoms with van der Waals surface area (Å²) in [6, 6.07) is 3.41. The van der Waals surface area contributed by atoms with Crippen molar-refractivity contribution < 1.29 is 18.0 Å². The van der Waals surface area contributed by atoms with Gasteiger partial charge in [-0.25, -0.2) is 4.68 Å². The molecule has 0 radical (unpaired) electrons. The first-order valence-electron chi connectivity index (χ1n) is 10.3. The van der Waals surface area contributed by atoms with Crippen LogP contribution in [0, 0.1) is 5.41 Å². The number of rotatable bonds is 2. The largest absolute Gasteiger partial charge is 0.410 e. The first-order valence-corrected chi connectivity index (χ1v) is 11.2. The van der Waals surface area contributed by atoms with Gasteiger partial charge in [0.05, 0.1) is 11.7 Å². The predicted molar refractivity (Wildman–Crippen MR) is 111 cm³/mol. The highest BCUT2D eigenvalue weighted by molar-refractivity contribution is 7.10. The summed E-state index contributed by atoms with van der Waals surface area (Å²) in [4.78, 5) is 15.4. The second-order valence-electron chi connectivity index (χ2n) is 9.24. The van der Waals surface area contributed by atoms with E-state index in [0.29, 0.717) is 24.6 Å². The van der Waals surface area contributed by atoms with Gasteiger partial charge in [-0.3, -0.25) is 4.79 Å². The average molecular weight is 441 g/mol. The zero-order chi connectivity index (χ0) is 21.7. The maximum Gasteiger partial charge on any atom is 0.410 e. The summed E-state index contributed by atoms with van der Waals surface area (Å²) >= 11 is 1.45. The molecular weight excluding hydrogens is 413 g/mol. The van der Waals surface area contributed by atoms with E-state index in [1.54, 1.807) is 6.07 Å². The van der Waals surface area contributed by atoms with Crippen LogP contribution in [0.15, 0.2) is 23.6 Å². The summed E-state index contributed by atoms with van der Waals surface area (Å²) in [6.45, 7) is 6.84. The summed E-state index contributed by atoms with van der Waals surface area (Å²) in [5.74, 6) is 0.412. The molecule has 0 unspecified atom stereocenters. The molecule has 0 spiro atoms. The molecule has 1 N–H and O–H groups in total. The van der Waals surface area contributed by atoms with Crippen molar-refractivity contribution in [1.82, 2.24) is 14.7 Å². The molecule has 9 heteroatoms. The van der Waals surface area contributed by atoms with E-state index in [1.165, 1.54) is 11.3 Å². The number of carbonyl (C=O) groups is 1. The molecule has 4 heterocycles. The number of fused-ring (bicyclic) bond motifs is 1. The molecule has 0 saturated carbocycles. The Balaban J connectivity index is 1.61. The Bertz CT molecular complexity index is 900. The molecule has 3 atom stereocenters. The first-order chi connectivity index (χ1) is 14.0. The lowest BCUT2D eigenvalue weighted by Gasteiger charge is -2.36. The van der Waals surface area contributed by atoms with Crippen LogP contribution in [-0.2, 0) is 4.79 Å². The van der Waals surface area contributed by atoms with Gasteiger partial charge in [0.15, 0.2) is 6.04 Å². The second-order valence-corrected chi connectivity index (χ2v) is 10.2. The first kappa shape index (κ1) is 21.2. The highest BCUT2D eigenvalue weighted by atomic mass is 32.1. The Hall–Kier alpha value is -2.03.